The Morgan fingerprint density at radius 1 is 0.907 bits per heavy atom. The Bertz CT molecular complexity index is 1510. The van der Waals surface area contributed by atoms with Crippen LogP contribution in [0.3, 0.4) is 0 Å². The van der Waals surface area contributed by atoms with Gasteiger partial charge in [0.1, 0.15) is 23.2 Å². The Hall–Kier alpha value is -4.09. The number of anilines is 2. The first kappa shape index (κ1) is 31.8. The van der Waals surface area contributed by atoms with E-state index in [1.807, 2.05) is 6.92 Å². The van der Waals surface area contributed by atoms with Crippen molar-refractivity contribution < 1.29 is 38.4 Å². The zero-order valence-corrected chi connectivity index (χ0v) is 26.2. The molecule has 0 bridgehead atoms. The molecule has 3 aromatic carbocycles. The molecule has 10 nitrogen and oxygen atoms in total. The zero-order valence-electron chi connectivity index (χ0n) is 24.6. The van der Waals surface area contributed by atoms with Crippen LogP contribution in [0.5, 0.6) is 23.0 Å². The van der Waals surface area contributed by atoms with E-state index in [1.54, 1.807) is 60.7 Å². The summed E-state index contributed by atoms with van der Waals surface area (Å²) >= 11 is 3.52. The average molecular weight is 656 g/mol. The second-order valence-electron chi connectivity index (χ2n) is 10.3. The lowest BCUT2D eigenvalue weighted by molar-refractivity contribution is -0.150. The normalized spacial score (nSPS) is 21.5. The molecule has 43 heavy (non-hydrogen) atoms. The number of hydrogen-bond acceptors (Lipinski definition) is 8. The van der Waals surface area contributed by atoms with E-state index in [1.165, 1.54) is 28.3 Å². The van der Waals surface area contributed by atoms with Crippen molar-refractivity contribution >= 4 is 44.9 Å². The molecule has 3 aromatic rings. The Kier molecular flexibility index (Phi) is 9.98. The van der Waals surface area contributed by atoms with E-state index < -0.39 is 47.4 Å². The van der Waals surface area contributed by atoms with E-state index >= 15 is 0 Å². The number of amides is 2. The number of carbonyl (C=O) groups excluding carboxylic acids is 3. The fourth-order valence-electron chi connectivity index (χ4n) is 5.63. The molecule has 0 aromatic heterocycles. The molecule has 0 saturated heterocycles. The number of rotatable bonds is 10. The molecule has 0 spiro atoms. The topological polar surface area (TPSA) is 132 Å². The summed E-state index contributed by atoms with van der Waals surface area (Å²) < 4.78 is 22.6. The number of para-hydroxylation sites is 4. The van der Waals surface area contributed by atoms with Gasteiger partial charge in [0.2, 0.25) is 11.8 Å². The van der Waals surface area contributed by atoms with Crippen LogP contribution in [0.4, 0.5) is 11.4 Å². The average Bonchev–Trinajstić information content (AvgIpc) is 2.97. The van der Waals surface area contributed by atoms with Gasteiger partial charge in [0.05, 0.1) is 55.3 Å². The van der Waals surface area contributed by atoms with Crippen molar-refractivity contribution in [3.63, 3.8) is 0 Å². The van der Waals surface area contributed by atoms with E-state index in [9.17, 15) is 19.5 Å². The molecule has 1 saturated carbocycles. The second-order valence-corrected chi connectivity index (χ2v) is 11.2. The van der Waals surface area contributed by atoms with Gasteiger partial charge in [-0.1, -0.05) is 24.3 Å². The summed E-state index contributed by atoms with van der Waals surface area (Å²) in [5.74, 6) is -3.90. The Morgan fingerprint density at radius 2 is 1.44 bits per heavy atom. The first-order valence-corrected chi connectivity index (χ1v) is 14.5. The summed E-state index contributed by atoms with van der Waals surface area (Å²) in [6, 6.07) is 17.0. The summed E-state index contributed by atoms with van der Waals surface area (Å²) in [6.07, 6.45) is -0.424. The van der Waals surface area contributed by atoms with Crippen LogP contribution in [0, 0.1) is 11.8 Å². The quantitative estimate of drug-likeness (QED) is 0.255. The molecule has 0 radical (unpaired) electrons. The van der Waals surface area contributed by atoms with E-state index in [-0.39, 0.29) is 0 Å². The minimum atomic E-state index is -1.81. The molecule has 1 fully saturated rings. The van der Waals surface area contributed by atoms with E-state index in [2.05, 4.69) is 26.6 Å². The van der Waals surface area contributed by atoms with Gasteiger partial charge in [-0.25, -0.2) is 0 Å². The van der Waals surface area contributed by atoms with Gasteiger partial charge in [-0.05, 0) is 71.7 Å². The molecule has 11 heteroatoms. The molecule has 0 heterocycles. The smallest absolute Gasteiger partial charge is 0.235 e. The van der Waals surface area contributed by atoms with E-state index in [4.69, 9.17) is 18.9 Å². The molecule has 1 aliphatic carbocycles. The van der Waals surface area contributed by atoms with Crippen LogP contribution in [0.15, 0.2) is 65.1 Å². The number of ketones is 1. The third kappa shape index (κ3) is 6.62. The van der Waals surface area contributed by atoms with Gasteiger partial charge in [-0.3, -0.25) is 14.4 Å². The SMILES string of the molecule is CCOc1c(Br)cc(C2C(C(=O)Nc3ccccc3OC)C(=O)CC(C)(O)C2C(=O)Nc2ccccc2OC)cc1OC. The minimum absolute atomic E-state index is 0.330. The highest BCUT2D eigenvalue weighted by molar-refractivity contribution is 9.10. The molecule has 4 rings (SSSR count). The van der Waals surface area contributed by atoms with Crippen LogP contribution in [0.25, 0.3) is 0 Å². The number of nitrogens with one attached hydrogen (secondary N) is 2. The monoisotopic (exact) mass is 654 g/mol. The molecule has 4 atom stereocenters. The maximum atomic E-state index is 14.1. The number of aliphatic hydroxyl groups is 1. The third-order valence-corrected chi connectivity index (χ3v) is 8.08. The molecule has 2 amide bonds. The van der Waals surface area contributed by atoms with Crippen molar-refractivity contribution in [2.45, 2.75) is 31.8 Å². The number of carbonyl (C=O) groups is 3. The third-order valence-electron chi connectivity index (χ3n) is 7.49. The highest BCUT2D eigenvalue weighted by atomic mass is 79.9. The van der Waals surface area contributed by atoms with Gasteiger partial charge >= 0.3 is 0 Å². The van der Waals surface area contributed by atoms with Crippen molar-refractivity contribution in [1.82, 2.24) is 0 Å². The van der Waals surface area contributed by atoms with Crippen molar-refractivity contribution in [3.8, 4) is 23.0 Å². The fraction of sp³-hybridized carbons (Fsp3) is 0.344. The molecule has 4 unspecified atom stereocenters. The van der Waals surface area contributed by atoms with Gasteiger partial charge < -0.3 is 34.7 Å². The number of methoxy groups -OCH3 is 3. The minimum Gasteiger partial charge on any atom is -0.495 e. The molecule has 228 valence electrons. The van der Waals surface area contributed by atoms with Gasteiger partial charge in [0, 0.05) is 12.3 Å². The lowest BCUT2D eigenvalue weighted by Gasteiger charge is -2.44. The highest BCUT2D eigenvalue weighted by Gasteiger charge is 2.56. The Balaban J connectivity index is 1.87. The summed E-state index contributed by atoms with van der Waals surface area (Å²) in [4.78, 5) is 41.9. The standard InChI is InChI=1S/C32H35BrN2O8/c1-6-43-29-19(33)15-18(16-25(29)42-5)26-27(30(37)34-20-11-7-9-13-23(20)40-3)22(36)17-32(2,39)28(26)31(38)35-21-12-8-10-14-24(21)41-4/h7-16,26-28,39H,6,17H2,1-5H3,(H,34,37)(H,35,38). The number of ether oxygens (including phenoxy) is 4. The molecular weight excluding hydrogens is 620 g/mol. The lowest BCUT2D eigenvalue weighted by atomic mass is 9.61. The van der Waals surface area contributed by atoms with Crippen LogP contribution in [0.1, 0.15) is 31.7 Å². The van der Waals surface area contributed by atoms with E-state index in [0.717, 1.165) is 0 Å². The fourth-order valence-corrected chi connectivity index (χ4v) is 6.20. The Labute approximate surface area is 258 Å². The summed E-state index contributed by atoms with van der Waals surface area (Å²) in [7, 11) is 4.41. The summed E-state index contributed by atoms with van der Waals surface area (Å²) in [5, 5.41) is 17.3. The van der Waals surface area contributed by atoms with Crippen LogP contribution in [0.2, 0.25) is 0 Å². The molecular formula is C32H35BrN2O8. The maximum Gasteiger partial charge on any atom is 0.235 e. The van der Waals surface area contributed by atoms with Crippen molar-refractivity contribution in [1.29, 1.82) is 0 Å². The number of Topliss-reactive ketones (excluding diaryl/α,β-unsaturated/α-hetero) is 1. The van der Waals surface area contributed by atoms with Crippen molar-refractivity contribution in [2.24, 2.45) is 11.8 Å². The lowest BCUT2D eigenvalue weighted by Crippen LogP contribution is -2.56. The van der Waals surface area contributed by atoms with Gasteiger partial charge in [-0.15, -0.1) is 0 Å². The second kappa shape index (κ2) is 13.5. The van der Waals surface area contributed by atoms with Crippen molar-refractivity contribution in [3.05, 3.63) is 70.7 Å². The van der Waals surface area contributed by atoms with Crippen LogP contribution < -0.4 is 29.6 Å². The van der Waals surface area contributed by atoms with Gasteiger partial charge in [0.15, 0.2) is 11.5 Å². The Morgan fingerprint density at radius 3 is 1.98 bits per heavy atom. The van der Waals surface area contributed by atoms with Crippen LogP contribution >= 0.6 is 15.9 Å². The summed E-state index contributed by atoms with van der Waals surface area (Å²) in [6.45, 7) is 3.62. The number of halogens is 1. The van der Waals surface area contributed by atoms with E-state index in [0.29, 0.717) is 51.0 Å². The maximum absolute atomic E-state index is 14.1. The van der Waals surface area contributed by atoms with Gasteiger partial charge in [0.25, 0.3) is 0 Å². The molecule has 0 aliphatic heterocycles. The van der Waals surface area contributed by atoms with Gasteiger partial charge in [-0.2, -0.15) is 0 Å². The number of benzene rings is 3. The van der Waals surface area contributed by atoms with Crippen LogP contribution in [-0.2, 0) is 14.4 Å². The van der Waals surface area contributed by atoms with Crippen molar-refractivity contribution in [2.75, 3.05) is 38.6 Å². The number of hydrogen-bond donors (Lipinski definition) is 3. The first-order chi connectivity index (χ1) is 20.6. The molecule has 3 N–H and O–H groups in total. The predicted octanol–water partition coefficient (Wildman–Crippen LogP) is 5.19. The van der Waals surface area contributed by atoms with Crippen LogP contribution in [-0.4, -0.2) is 56.2 Å². The largest absolute Gasteiger partial charge is 0.495 e. The zero-order chi connectivity index (χ0) is 31.3. The highest BCUT2D eigenvalue weighted by Crippen LogP contribution is 2.49. The predicted molar refractivity (Wildman–Crippen MR) is 165 cm³/mol. The first-order valence-electron chi connectivity index (χ1n) is 13.7. The summed E-state index contributed by atoms with van der Waals surface area (Å²) in [5.41, 5.74) is -0.657. The molecule has 1 aliphatic rings.